The van der Waals surface area contributed by atoms with Gasteiger partial charge in [-0.25, -0.2) is 9.37 Å². The van der Waals surface area contributed by atoms with E-state index in [9.17, 15) is 4.39 Å². The molecule has 0 aliphatic heterocycles. The quantitative estimate of drug-likeness (QED) is 0.799. The average molecular weight is 306 g/mol. The van der Waals surface area contributed by atoms with Crippen molar-refractivity contribution in [3.05, 3.63) is 72.2 Å². The molecule has 1 aliphatic rings. The Bertz CT molecular complexity index is 822. The second kappa shape index (κ2) is 5.76. The lowest BCUT2D eigenvalue weighted by molar-refractivity contribution is 0.630. The van der Waals surface area contributed by atoms with Crippen molar-refractivity contribution in [1.29, 1.82) is 0 Å². The van der Waals surface area contributed by atoms with Crippen LogP contribution in [0.2, 0.25) is 0 Å². The lowest BCUT2D eigenvalue weighted by Gasteiger charge is -2.06. The van der Waals surface area contributed by atoms with Gasteiger partial charge in [-0.2, -0.15) is 5.10 Å². The number of halogens is 1. The first-order valence-corrected chi connectivity index (χ1v) is 7.57. The Labute approximate surface area is 133 Å². The van der Waals surface area contributed by atoms with Crippen LogP contribution in [0, 0.1) is 5.82 Å². The van der Waals surface area contributed by atoms with Gasteiger partial charge in [-0.3, -0.25) is 0 Å². The Morgan fingerprint density at radius 1 is 1.00 bits per heavy atom. The summed E-state index contributed by atoms with van der Waals surface area (Å²) in [5.74, 6) is 0.596. The van der Waals surface area contributed by atoms with Crippen molar-refractivity contribution >= 4 is 5.95 Å². The number of benzene rings is 2. The molecule has 0 bridgehead atoms. The van der Waals surface area contributed by atoms with Gasteiger partial charge in [-0.05, 0) is 24.1 Å². The summed E-state index contributed by atoms with van der Waals surface area (Å²) >= 11 is 0. The largest absolute Gasteiger partial charge is 0.350 e. The number of aromatic nitrogens is 3. The lowest BCUT2D eigenvalue weighted by Crippen LogP contribution is -2.09. The minimum atomic E-state index is -0.312. The Hall–Kier alpha value is -2.82. The Balaban J connectivity index is 1.51. The molecular weight excluding hydrogens is 291 g/mol. The zero-order valence-electron chi connectivity index (χ0n) is 12.4. The molecule has 5 heteroatoms. The number of hydrogen-bond acceptors (Lipinski definition) is 4. The van der Waals surface area contributed by atoms with Gasteiger partial charge in [0, 0.05) is 17.5 Å². The summed E-state index contributed by atoms with van der Waals surface area (Å²) < 4.78 is 13.9. The van der Waals surface area contributed by atoms with Crippen LogP contribution in [0.4, 0.5) is 10.3 Å². The smallest absolute Gasteiger partial charge is 0.243 e. The molecule has 3 aromatic rings. The number of nitrogens with one attached hydrogen (secondary N) is 1. The van der Waals surface area contributed by atoms with Gasteiger partial charge in [0.1, 0.15) is 5.82 Å². The van der Waals surface area contributed by atoms with Crippen molar-refractivity contribution in [1.82, 2.24) is 15.2 Å². The topological polar surface area (TPSA) is 50.7 Å². The maximum atomic E-state index is 13.9. The molecule has 1 N–H and O–H groups in total. The fourth-order valence-corrected chi connectivity index (χ4v) is 2.75. The molecule has 1 aromatic heterocycles. The fraction of sp³-hybridized carbons (Fsp3) is 0.167. The van der Waals surface area contributed by atoms with E-state index in [1.165, 1.54) is 17.8 Å². The highest BCUT2D eigenvalue weighted by Crippen LogP contribution is 2.42. The van der Waals surface area contributed by atoms with Crippen molar-refractivity contribution in [3.8, 4) is 11.3 Å². The molecule has 1 aliphatic carbocycles. The summed E-state index contributed by atoms with van der Waals surface area (Å²) in [6, 6.07) is 17.2. The molecule has 4 rings (SSSR count). The van der Waals surface area contributed by atoms with E-state index >= 15 is 0 Å². The molecule has 1 heterocycles. The zero-order chi connectivity index (χ0) is 15.6. The van der Waals surface area contributed by atoms with E-state index in [0.717, 1.165) is 6.42 Å². The molecule has 0 spiro atoms. The molecule has 4 nitrogen and oxygen atoms in total. The van der Waals surface area contributed by atoms with E-state index in [1.807, 2.05) is 18.2 Å². The number of anilines is 1. The van der Waals surface area contributed by atoms with Crippen molar-refractivity contribution in [2.24, 2.45) is 0 Å². The molecule has 0 saturated heterocycles. The van der Waals surface area contributed by atoms with E-state index in [2.05, 4.69) is 32.6 Å². The third-order valence-corrected chi connectivity index (χ3v) is 4.04. The molecule has 2 aromatic carbocycles. The molecular formula is C18H15FN4. The van der Waals surface area contributed by atoms with Crippen LogP contribution in [0.15, 0.2) is 60.8 Å². The Kier molecular flexibility index (Phi) is 3.46. The Morgan fingerprint density at radius 2 is 1.78 bits per heavy atom. The van der Waals surface area contributed by atoms with Crippen molar-refractivity contribution in [2.75, 3.05) is 5.32 Å². The van der Waals surface area contributed by atoms with Crippen LogP contribution in [0.1, 0.15) is 17.9 Å². The third-order valence-electron chi connectivity index (χ3n) is 4.04. The third kappa shape index (κ3) is 2.90. The van der Waals surface area contributed by atoms with Gasteiger partial charge in [0.2, 0.25) is 5.95 Å². The summed E-state index contributed by atoms with van der Waals surface area (Å²) in [6.45, 7) is 0. The second-order valence-corrected chi connectivity index (χ2v) is 5.65. The van der Waals surface area contributed by atoms with Gasteiger partial charge in [0.15, 0.2) is 0 Å². The predicted octanol–water partition coefficient (Wildman–Crippen LogP) is 3.65. The zero-order valence-corrected chi connectivity index (χ0v) is 12.4. The first kappa shape index (κ1) is 13.8. The summed E-state index contributed by atoms with van der Waals surface area (Å²) in [7, 11) is 0. The van der Waals surface area contributed by atoms with E-state index < -0.39 is 0 Å². The van der Waals surface area contributed by atoms with Gasteiger partial charge in [0.05, 0.1) is 11.9 Å². The minimum absolute atomic E-state index is 0.301. The molecule has 0 amide bonds. The van der Waals surface area contributed by atoms with Crippen LogP contribution in [0.5, 0.6) is 0 Å². The first-order chi connectivity index (χ1) is 11.3. The van der Waals surface area contributed by atoms with Gasteiger partial charge >= 0.3 is 0 Å². The van der Waals surface area contributed by atoms with Crippen molar-refractivity contribution in [3.63, 3.8) is 0 Å². The van der Waals surface area contributed by atoms with Gasteiger partial charge < -0.3 is 5.32 Å². The predicted molar refractivity (Wildman–Crippen MR) is 86.4 cm³/mol. The highest BCUT2D eigenvalue weighted by atomic mass is 19.1. The fourth-order valence-electron chi connectivity index (χ4n) is 2.75. The standard InChI is InChI=1S/C18H15FN4/c19-15-9-5-4-8-13(15)17-11-20-23-18(22-17)21-16-10-14(16)12-6-2-1-3-7-12/h1-9,11,14,16H,10H2,(H,21,22,23)/t14-,16+/m0/s1. The normalized spacial score (nSPS) is 19.3. The van der Waals surface area contributed by atoms with Crippen molar-refractivity contribution < 1.29 is 4.39 Å². The molecule has 2 atom stereocenters. The SMILES string of the molecule is Fc1ccccc1-c1cnnc(N[C@@H]2C[C@H]2c2ccccc2)n1. The average Bonchev–Trinajstić information content (AvgIpc) is 3.35. The van der Waals surface area contributed by atoms with E-state index in [0.29, 0.717) is 29.2 Å². The van der Waals surface area contributed by atoms with E-state index in [1.54, 1.807) is 18.2 Å². The molecule has 1 saturated carbocycles. The highest BCUT2D eigenvalue weighted by Gasteiger charge is 2.38. The van der Waals surface area contributed by atoms with Gasteiger partial charge in [0.25, 0.3) is 0 Å². The van der Waals surface area contributed by atoms with E-state index in [4.69, 9.17) is 0 Å². The first-order valence-electron chi connectivity index (χ1n) is 7.57. The number of nitrogens with zero attached hydrogens (tertiary/aromatic N) is 3. The summed E-state index contributed by atoms with van der Waals surface area (Å²) in [6.07, 6.45) is 2.52. The molecule has 114 valence electrons. The number of rotatable bonds is 4. The number of hydrogen-bond donors (Lipinski definition) is 1. The summed E-state index contributed by atoms with van der Waals surface area (Å²) in [5, 5.41) is 11.2. The highest BCUT2D eigenvalue weighted by molar-refractivity contribution is 5.59. The minimum Gasteiger partial charge on any atom is -0.350 e. The second-order valence-electron chi connectivity index (χ2n) is 5.65. The molecule has 1 fully saturated rings. The maximum Gasteiger partial charge on any atom is 0.243 e. The van der Waals surface area contributed by atoms with Crippen LogP contribution >= 0.6 is 0 Å². The molecule has 23 heavy (non-hydrogen) atoms. The summed E-state index contributed by atoms with van der Waals surface area (Å²) in [5.41, 5.74) is 2.22. The van der Waals surface area contributed by atoms with Crippen LogP contribution in [-0.4, -0.2) is 21.2 Å². The molecule has 0 unspecified atom stereocenters. The van der Waals surface area contributed by atoms with Gasteiger partial charge in [-0.1, -0.05) is 42.5 Å². The maximum absolute atomic E-state index is 13.9. The van der Waals surface area contributed by atoms with E-state index in [-0.39, 0.29) is 5.82 Å². The molecule has 0 radical (unpaired) electrons. The van der Waals surface area contributed by atoms with Crippen molar-refractivity contribution in [2.45, 2.75) is 18.4 Å². The van der Waals surface area contributed by atoms with Crippen LogP contribution in [0.3, 0.4) is 0 Å². The van der Waals surface area contributed by atoms with Crippen LogP contribution < -0.4 is 5.32 Å². The Morgan fingerprint density at radius 3 is 2.61 bits per heavy atom. The van der Waals surface area contributed by atoms with Crippen LogP contribution in [0.25, 0.3) is 11.3 Å². The van der Waals surface area contributed by atoms with Crippen LogP contribution in [-0.2, 0) is 0 Å². The lowest BCUT2D eigenvalue weighted by atomic mass is 10.1. The monoisotopic (exact) mass is 306 g/mol. The van der Waals surface area contributed by atoms with Gasteiger partial charge in [-0.15, -0.1) is 5.10 Å². The summed E-state index contributed by atoms with van der Waals surface area (Å²) in [4.78, 5) is 4.39.